The standard InChI is InChI=1S/C16H34N4O2/c1-9-12(4)19-14(17-8)18-10-13(11(2)3)20-15(21)22-16(5,6)7/h11-13H,9-10H2,1-8H3,(H,20,21)(H2,17,18,19). The van der Waals surface area contributed by atoms with Crippen LogP contribution in [-0.2, 0) is 4.74 Å². The van der Waals surface area contributed by atoms with E-state index < -0.39 is 11.7 Å². The Kier molecular flexibility index (Phi) is 8.90. The molecule has 0 rings (SSSR count). The number of amides is 1. The molecule has 0 saturated heterocycles. The monoisotopic (exact) mass is 314 g/mol. The molecule has 3 N–H and O–H groups in total. The van der Waals surface area contributed by atoms with Gasteiger partial charge in [-0.2, -0.15) is 0 Å². The van der Waals surface area contributed by atoms with Crippen LogP contribution >= 0.6 is 0 Å². The number of guanidine groups is 1. The molecule has 0 saturated carbocycles. The maximum absolute atomic E-state index is 11.9. The minimum atomic E-state index is -0.493. The summed E-state index contributed by atoms with van der Waals surface area (Å²) < 4.78 is 5.31. The van der Waals surface area contributed by atoms with Crippen molar-refractivity contribution >= 4 is 12.1 Å². The maximum atomic E-state index is 11.9. The van der Waals surface area contributed by atoms with E-state index in [2.05, 4.69) is 48.6 Å². The van der Waals surface area contributed by atoms with E-state index in [4.69, 9.17) is 4.74 Å². The number of nitrogens with one attached hydrogen (secondary N) is 3. The summed E-state index contributed by atoms with van der Waals surface area (Å²) in [6, 6.07) is 0.313. The Morgan fingerprint density at radius 2 is 1.77 bits per heavy atom. The number of hydrogen-bond donors (Lipinski definition) is 3. The van der Waals surface area contributed by atoms with Crippen molar-refractivity contribution in [2.45, 2.75) is 72.6 Å². The van der Waals surface area contributed by atoms with Crippen molar-refractivity contribution in [2.24, 2.45) is 10.9 Å². The van der Waals surface area contributed by atoms with Crippen molar-refractivity contribution in [1.29, 1.82) is 0 Å². The van der Waals surface area contributed by atoms with E-state index in [0.717, 1.165) is 12.4 Å². The fourth-order valence-electron chi connectivity index (χ4n) is 1.65. The normalized spacial score (nSPS) is 15.2. The number of alkyl carbamates (subject to hydrolysis) is 1. The minimum absolute atomic E-state index is 0.0367. The number of carbonyl (C=O) groups is 1. The molecular weight excluding hydrogens is 280 g/mol. The Morgan fingerprint density at radius 1 is 1.18 bits per heavy atom. The van der Waals surface area contributed by atoms with Gasteiger partial charge in [-0.05, 0) is 40.0 Å². The summed E-state index contributed by atoms with van der Waals surface area (Å²) in [6.07, 6.45) is 0.627. The molecule has 6 heteroatoms. The van der Waals surface area contributed by atoms with Crippen LogP contribution in [0.3, 0.4) is 0 Å². The van der Waals surface area contributed by atoms with Gasteiger partial charge in [-0.3, -0.25) is 4.99 Å². The molecule has 0 aliphatic rings. The van der Waals surface area contributed by atoms with Crippen molar-refractivity contribution in [3.8, 4) is 0 Å². The molecule has 0 aliphatic carbocycles. The number of carbonyl (C=O) groups excluding carboxylic acids is 1. The number of rotatable bonds is 6. The van der Waals surface area contributed by atoms with Crippen LogP contribution in [0.25, 0.3) is 0 Å². The van der Waals surface area contributed by atoms with Crippen molar-refractivity contribution in [2.75, 3.05) is 13.6 Å². The second-order valence-electron chi connectivity index (χ2n) is 6.90. The first-order chi connectivity index (χ1) is 10.1. The van der Waals surface area contributed by atoms with Gasteiger partial charge in [0.25, 0.3) is 0 Å². The lowest BCUT2D eigenvalue weighted by Gasteiger charge is -2.27. The lowest BCUT2D eigenvalue weighted by Crippen LogP contribution is -2.51. The second kappa shape index (κ2) is 9.54. The summed E-state index contributed by atoms with van der Waals surface area (Å²) in [7, 11) is 1.74. The molecule has 2 unspecified atom stereocenters. The highest BCUT2D eigenvalue weighted by molar-refractivity contribution is 5.80. The van der Waals surface area contributed by atoms with Crippen LogP contribution in [0, 0.1) is 5.92 Å². The summed E-state index contributed by atoms with van der Waals surface area (Å²) in [6.45, 7) is 14.5. The highest BCUT2D eigenvalue weighted by Crippen LogP contribution is 2.08. The predicted molar refractivity (Wildman–Crippen MR) is 92.2 cm³/mol. The first-order valence-corrected chi connectivity index (χ1v) is 8.05. The van der Waals surface area contributed by atoms with Crippen molar-refractivity contribution < 1.29 is 9.53 Å². The molecule has 2 atom stereocenters. The third kappa shape index (κ3) is 9.47. The van der Waals surface area contributed by atoms with E-state index in [1.807, 2.05) is 20.8 Å². The van der Waals surface area contributed by atoms with Gasteiger partial charge in [-0.25, -0.2) is 4.79 Å². The van der Waals surface area contributed by atoms with Crippen LogP contribution in [-0.4, -0.2) is 43.3 Å². The SMILES string of the molecule is CCC(C)NC(=NC)NCC(NC(=O)OC(C)(C)C)C(C)C. The Bertz CT molecular complexity index is 362. The largest absolute Gasteiger partial charge is 0.444 e. The van der Waals surface area contributed by atoms with E-state index in [-0.39, 0.29) is 12.0 Å². The van der Waals surface area contributed by atoms with E-state index in [9.17, 15) is 4.79 Å². The van der Waals surface area contributed by atoms with Crippen molar-refractivity contribution in [1.82, 2.24) is 16.0 Å². The number of ether oxygens (including phenoxy) is 1. The molecule has 0 aromatic carbocycles. The van der Waals surface area contributed by atoms with E-state index >= 15 is 0 Å². The van der Waals surface area contributed by atoms with Gasteiger partial charge in [-0.15, -0.1) is 0 Å². The number of nitrogens with zero attached hydrogens (tertiary/aromatic N) is 1. The van der Waals surface area contributed by atoms with Crippen LogP contribution in [0.2, 0.25) is 0 Å². The molecule has 6 nitrogen and oxygen atoms in total. The van der Waals surface area contributed by atoms with Crippen molar-refractivity contribution in [3.63, 3.8) is 0 Å². The molecule has 0 heterocycles. The van der Waals surface area contributed by atoms with Crippen LogP contribution in [0.5, 0.6) is 0 Å². The Balaban J connectivity index is 4.50. The molecule has 0 spiro atoms. The van der Waals surface area contributed by atoms with Crippen LogP contribution in [0.15, 0.2) is 4.99 Å². The smallest absolute Gasteiger partial charge is 0.407 e. The maximum Gasteiger partial charge on any atom is 0.407 e. The van der Waals surface area contributed by atoms with Gasteiger partial charge in [0.2, 0.25) is 0 Å². The number of aliphatic imine (C=N–C) groups is 1. The van der Waals surface area contributed by atoms with Gasteiger partial charge in [0.05, 0.1) is 6.04 Å². The van der Waals surface area contributed by atoms with Gasteiger partial charge in [0.15, 0.2) is 5.96 Å². The summed E-state index contributed by atoms with van der Waals surface area (Å²) in [5.41, 5.74) is -0.493. The molecular formula is C16H34N4O2. The van der Waals surface area contributed by atoms with E-state index in [1.54, 1.807) is 7.05 Å². The van der Waals surface area contributed by atoms with Gasteiger partial charge < -0.3 is 20.7 Å². The average molecular weight is 314 g/mol. The van der Waals surface area contributed by atoms with Gasteiger partial charge in [0.1, 0.15) is 5.60 Å². The van der Waals surface area contributed by atoms with E-state index in [0.29, 0.717) is 12.6 Å². The molecule has 0 aliphatic heterocycles. The predicted octanol–water partition coefficient (Wildman–Crippen LogP) is 2.50. The molecule has 0 aromatic rings. The first kappa shape index (κ1) is 20.5. The third-order valence-corrected chi connectivity index (χ3v) is 3.22. The lowest BCUT2D eigenvalue weighted by molar-refractivity contribution is 0.0491. The Hall–Kier alpha value is -1.46. The zero-order valence-corrected chi connectivity index (χ0v) is 15.4. The molecule has 0 radical (unpaired) electrons. The van der Waals surface area contributed by atoms with Gasteiger partial charge >= 0.3 is 6.09 Å². The minimum Gasteiger partial charge on any atom is -0.444 e. The Labute approximate surface area is 135 Å². The zero-order chi connectivity index (χ0) is 17.3. The summed E-state index contributed by atoms with van der Waals surface area (Å²) in [4.78, 5) is 16.1. The summed E-state index contributed by atoms with van der Waals surface area (Å²) in [5.74, 6) is 1.02. The van der Waals surface area contributed by atoms with Crippen LogP contribution < -0.4 is 16.0 Å². The molecule has 22 heavy (non-hydrogen) atoms. The zero-order valence-electron chi connectivity index (χ0n) is 15.4. The van der Waals surface area contributed by atoms with Crippen LogP contribution in [0.4, 0.5) is 4.79 Å². The highest BCUT2D eigenvalue weighted by Gasteiger charge is 2.21. The third-order valence-electron chi connectivity index (χ3n) is 3.22. The molecule has 1 amide bonds. The average Bonchev–Trinajstić information content (AvgIpc) is 2.38. The van der Waals surface area contributed by atoms with Crippen LogP contribution in [0.1, 0.15) is 54.9 Å². The lowest BCUT2D eigenvalue weighted by atomic mass is 10.0. The molecule has 130 valence electrons. The number of hydrogen-bond acceptors (Lipinski definition) is 3. The van der Waals surface area contributed by atoms with Crippen molar-refractivity contribution in [3.05, 3.63) is 0 Å². The first-order valence-electron chi connectivity index (χ1n) is 8.05. The summed E-state index contributed by atoms with van der Waals surface area (Å²) >= 11 is 0. The topological polar surface area (TPSA) is 74.8 Å². The molecule has 0 aromatic heterocycles. The molecule has 0 fully saturated rings. The van der Waals surface area contributed by atoms with Gasteiger partial charge in [0, 0.05) is 19.6 Å². The fourth-order valence-corrected chi connectivity index (χ4v) is 1.65. The van der Waals surface area contributed by atoms with Gasteiger partial charge in [-0.1, -0.05) is 20.8 Å². The Morgan fingerprint density at radius 3 is 2.18 bits per heavy atom. The highest BCUT2D eigenvalue weighted by atomic mass is 16.6. The summed E-state index contributed by atoms with van der Waals surface area (Å²) in [5, 5.41) is 9.46. The quantitative estimate of drug-likeness (QED) is 0.520. The fraction of sp³-hybridized carbons (Fsp3) is 0.875. The second-order valence-corrected chi connectivity index (χ2v) is 6.90. The van der Waals surface area contributed by atoms with E-state index in [1.165, 1.54) is 0 Å². The molecule has 0 bridgehead atoms.